The van der Waals surface area contributed by atoms with Crippen molar-refractivity contribution in [2.75, 3.05) is 11.9 Å². The van der Waals surface area contributed by atoms with Crippen LogP contribution >= 0.6 is 11.6 Å². The van der Waals surface area contributed by atoms with E-state index < -0.39 is 5.63 Å². The molecule has 0 saturated heterocycles. The van der Waals surface area contributed by atoms with Gasteiger partial charge < -0.3 is 14.5 Å². The highest BCUT2D eigenvalue weighted by molar-refractivity contribution is 6.31. The lowest BCUT2D eigenvalue weighted by Gasteiger charge is -2.11. The number of halogens is 1. The van der Waals surface area contributed by atoms with Gasteiger partial charge in [0.05, 0.1) is 0 Å². The predicted molar refractivity (Wildman–Crippen MR) is 107 cm³/mol. The molecule has 6 heteroatoms. The van der Waals surface area contributed by atoms with Gasteiger partial charge >= 0.3 is 5.63 Å². The molecule has 0 aliphatic heterocycles. The van der Waals surface area contributed by atoms with Crippen LogP contribution in [0, 0.1) is 6.92 Å². The maximum absolute atomic E-state index is 12.2. The minimum absolute atomic E-state index is 0.170. The van der Waals surface area contributed by atoms with Crippen LogP contribution in [0.3, 0.4) is 0 Å². The molecule has 3 rings (SSSR count). The Bertz CT molecular complexity index is 1040. The largest absolute Gasteiger partial charge is 0.484 e. The molecule has 0 aliphatic rings. The maximum atomic E-state index is 12.2. The number of amides is 1. The van der Waals surface area contributed by atoms with Gasteiger partial charge in [-0.2, -0.15) is 0 Å². The van der Waals surface area contributed by atoms with Crippen molar-refractivity contribution >= 4 is 34.2 Å². The van der Waals surface area contributed by atoms with Crippen LogP contribution < -0.4 is 15.7 Å². The zero-order valence-corrected chi connectivity index (χ0v) is 15.9. The molecule has 0 unspecified atom stereocenters. The number of carbonyl (C=O) groups excluding carboxylic acids is 1. The number of aryl methyl sites for hydroxylation is 2. The summed E-state index contributed by atoms with van der Waals surface area (Å²) in [6.07, 6.45) is 1.73. The van der Waals surface area contributed by atoms with E-state index >= 15 is 0 Å². The summed E-state index contributed by atoms with van der Waals surface area (Å²) < 4.78 is 10.8. The summed E-state index contributed by atoms with van der Waals surface area (Å²) in [7, 11) is 0. The molecule has 0 radical (unpaired) electrons. The van der Waals surface area contributed by atoms with Gasteiger partial charge in [-0.25, -0.2) is 4.79 Å². The first-order valence-corrected chi connectivity index (χ1v) is 9.09. The van der Waals surface area contributed by atoms with Crippen molar-refractivity contribution < 1.29 is 13.9 Å². The number of hydrogen-bond acceptors (Lipinski definition) is 4. The lowest BCUT2D eigenvalue weighted by molar-refractivity contribution is -0.118. The lowest BCUT2D eigenvalue weighted by Crippen LogP contribution is -2.20. The van der Waals surface area contributed by atoms with Gasteiger partial charge in [0.2, 0.25) is 0 Å². The third kappa shape index (κ3) is 4.68. The Kier molecular flexibility index (Phi) is 5.81. The zero-order valence-electron chi connectivity index (χ0n) is 15.2. The van der Waals surface area contributed by atoms with Crippen LogP contribution in [0.5, 0.6) is 5.75 Å². The van der Waals surface area contributed by atoms with E-state index in [1.807, 2.05) is 19.1 Å². The number of rotatable bonds is 6. The van der Waals surface area contributed by atoms with E-state index in [9.17, 15) is 9.59 Å². The third-order valence-electron chi connectivity index (χ3n) is 4.16. The molecular weight excluding hydrogens is 366 g/mol. The molecule has 0 bridgehead atoms. The number of benzene rings is 2. The van der Waals surface area contributed by atoms with Gasteiger partial charge in [-0.1, -0.05) is 31.0 Å². The average molecular weight is 386 g/mol. The Labute approximate surface area is 161 Å². The molecule has 0 saturated carbocycles. The molecule has 2 aromatic carbocycles. The molecule has 0 fully saturated rings. The number of ether oxygens (including phenoxy) is 1. The quantitative estimate of drug-likeness (QED) is 0.623. The SMILES string of the molecule is CCCc1cc(=O)oc2cc(OCC(=O)Nc3cc(Cl)ccc3C)ccc12. The van der Waals surface area contributed by atoms with Crippen molar-refractivity contribution in [3.05, 3.63) is 69.0 Å². The molecule has 27 heavy (non-hydrogen) atoms. The summed E-state index contributed by atoms with van der Waals surface area (Å²) in [5.74, 6) is 0.152. The second-order valence-corrected chi connectivity index (χ2v) is 6.73. The lowest BCUT2D eigenvalue weighted by atomic mass is 10.1. The average Bonchev–Trinajstić information content (AvgIpc) is 2.63. The molecule has 1 aromatic heterocycles. The van der Waals surface area contributed by atoms with Crippen molar-refractivity contribution in [3.8, 4) is 5.75 Å². The van der Waals surface area contributed by atoms with Crippen molar-refractivity contribution in [2.45, 2.75) is 26.7 Å². The second-order valence-electron chi connectivity index (χ2n) is 6.29. The first-order chi connectivity index (χ1) is 13.0. The summed E-state index contributed by atoms with van der Waals surface area (Å²) in [6.45, 7) is 3.76. The van der Waals surface area contributed by atoms with Crippen molar-refractivity contribution in [1.29, 1.82) is 0 Å². The molecule has 1 N–H and O–H groups in total. The molecule has 3 aromatic rings. The highest BCUT2D eigenvalue weighted by atomic mass is 35.5. The molecule has 0 atom stereocenters. The second kappa shape index (κ2) is 8.27. The summed E-state index contributed by atoms with van der Waals surface area (Å²) in [6, 6.07) is 12.0. The van der Waals surface area contributed by atoms with Crippen molar-refractivity contribution in [2.24, 2.45) is 0 Å². The number of carbonyl (C=O) groups is 1. The fourth-order valence-electron chi connectivity index (χ4n) is 2.84. The molecule has 5 nitrogen and oxygen atoms in total. The van der Waals surface area contributed by atoms with Crippen LogP contribution in [-0.4, -0.2) is 12.5 Å². The van der Waals surface area contributed by atoms with E-state index in [1.165, 1.54) is 6.07 Å². The summed E-state index contributed by atoms with van der Waals surface area (Å²) in [5.41, 5.74) is 2.56. The standard InChI is InChI=1S/C21H20ClNO4/c1-3-4-14-9-21(25)27-19-11-16(7-8-17(14)19)26-12-20(24)23-18-10-15(22)6-5-13(18)2/h5-11H,3-4,12H2,1-2H3,(H,23,24). The number of fused-ring (bicyclic) bond motifs is 1. The van der Waals surface area contributed by atoms with E-state index in [-0.39, 0.29) is 12.5 Å². The monoisotopic (exact) mass is 385 g/mol. The van der Waals surface area contributed by atoms with Crippen molar-refractivity contribution in [3.63, 3.8) is 0 Å². The number of hydrogen-bond donors (Lipinski definition) is 1. The Morgan fingerprint density at radius 2 is 2.00 bits per heavy atom. The summed E-state index contributed by atoms with van der Waals surface area (Å²) >= 11 is 5.96. The Morgan fingerprint density at radius 1 is 1.19 bits per heavy atom. The molecule has 1 amide bonds. The minimum atomic E-state index is -0.391. The van der Waals surface area contributed by atoms with E-state index in [1.54, 1.807) is 24.3 Å². The Balaban J connectivity index is 1.72. The van der Waals surface area contributed by atoms with Crippen LogP contribution in [0.1, 0.15) is 24.5 Å². The van der Waals surface area contributed by atoms with E-state index in [0.717, 1.165) is 29.4 Å². The molecule has 0 spiro atoms. The van der Waals surface area contributed by atoms with Gasteiger partial charge in [-0.05, 0) is 48.7 Å². The Morgan fingerprint density at radius 3 is 2.78 bits per heavy atom. The van der Waals surface area contributed by atoms with Crippen LogP contribution in [0.25, 0.3) is 11.0 Å². The van der Waals surface area contributed by atoms with Crippen LogP contribution in [0.4, 0.5) is 5.69 Å². The van der Waals surface area contributed by atoms with Gasteiger partial charge in [0.25, 0.3) is 5.91 Å². The van der Waals surface area contributed by atoms with Gasteiger partial charge in [0.15, 0.2) is 6.61 Å². The smallest absolute Gasteiger partial charge is 0.336 e. The first kappa shape index (κ1) is 19.0. The van der Waals surface area contributed by atoms with Crippen LogP contribution in [0.2, 0.25) is 5.02 Å². The fraction of sp³-hybridized carbons (Fsp3) is 0.238. The van der Waals surface area contributed by atoms with Crippen LogP contribution in [-0.2, 0) is 11.2 Å². The van der Waals surface area contributed by atoms with Gasteiger partial charge in [-0.3, -0.25) is 4.79 Å². The number of anilines is 1. The molecular formula is C21H20ClNO4. The van der Waals surface area contributed by atoms with Gasteiger partial charge in [-0.15, -0.1) is 0 Å². The van der Waals surface area contributed by atoms with E-state index in [4.69, 9.17) is 20.8 Å². The maximum Gasteiger partial charge on any atom is 0.336 e. The van der Waals surface area contributed by atoms with Gasteiger partial charge in [0.1, 0.15) is 11.3 Å². The highest BCUT2D eigenvalue weighted by Crippen LogP contribution is 2.24. The molecule has 0 aliphatic carbocycles. The number of nitrogens with one attached hydrogen (secondary N) is 1. The summed E-state index contributed by atoms with van der Waals surface area (Å²) in [5, 5.41) is 4.19. The zero-order chi connectivity index (χ0) is 19.4. The molecule has 1 heterocycles. The van der Waals surface area contributed by atoms with Gasteiger partial charge in [0, 0.05) is 28.2 Å². The first-order valence-electron chi connectivity index (χ1n) is 8.72. The third-order valence-corrected chi connectivity index (χ3v) is 4.40. The van der Waals surface area contributed by atoms with Crippen molar-refractivity contribution in [1.82, 2.24) is 0 Å². The Hall–Kier alpha value is -2.79. The topological polar surface area (TPSA) is 68.5 Å². The van der Waals surface area contributed by atoms with E-state index in [0.29, 0.717) is 22.0 Å². The molecule has 140 valence electrons. The van der Waals surface area contributed by atoms with Crippen LogP contribution in [0.15, 0.2) is 51.7 Å². The highest BCUT2D eigenvalue weighted by Gasteiger charge is 2.09. The minimum Gasteiger partial charge on any atom is -0.484 e. The normalized spacial score (nSPS) is 10.8. The van der Waals surface area contributed by atoms with E-state index in [2.05, 4.69) is 12.2 Å². The summed E-state index contributed by atoms with van der Waals surface area (Å²) in [4.78, 5) is 23.9. The fourth-order valence-corrected chi connectivity index (χ4v) is 3.01. The predicted octanol–water partition coefficient (Wildman–Crippen LogP) is 4.72.